The molecule has 0 saturated heterocycles. The molecule has 0 radical (unpaired) electrons. The third-order valence-electron chi connectivity index (χ3n) is 4.00. The molecule has 0 bridgehead atoms. The highest BCUT2D eigenvalue weighted by molar-refractivity contribution is 7.73. The molecular formula is C17H15FN2O4S2. The van der Waals surface area contributed by atoms with Crippen molar-refractivity contribution < 1.29 is 24.2 Å². The minimum Gasteiger partial charge on any atom is -0.493 e. The fourth-order valence-electron chi connectivity index (χ4n) is 2.88. The number of fused-ring (bicyclic) bond motifs is 1. The highest BCUT2D eigenvalue weighted by Crippen LogP contribution is 2.36. The molecule has 3 rings (SSSR count). The van der Waals surface area contributed by atoms with E-state index < -0.39 is 29.6 Å². The Morgan fingerprint density at radius 1 is 1.42 bits per heavy atom. The fourth-order valence-corrected chi connectivity index (χ4v) is 4.32. The van der Waals surface area contributed by atoms with E-state index in [-0.39, 0.29) is 32.0 Å². The molecule has 2 N–H and O–H groups in total. The first kappa shape index (κ1) is 18.4. The highest BCUT2D eigenvalue weighted by Gasteiger charge is 2.30. The van der Waals surface area contributed by atoms with Crippen LogP contribution < -0.4 is 10.6 Å². The normalized spacial score (nSPS) is 14.5. The summed E-state index contributed by atoms with van der Waals surface area (Å²) in [4.78, 5) is 27.9. The van der Waals surface area contributed by atoms with Crippen molar-refractivity contribution in [3.63, 3.8) is 0 Å². The Balaban J connectivity index is 2.26. The number of aromatic nitrogens is 1. The number of hydrogen-bond acceptors (Lipinski definition) is 5. The van der Waals surface area contributed by atoms with Gasteiger partial charge in [0.25, 0.3) is 5.91 Å². The first-order valence-electron chi connectivity index (χ1n) is 7.81. The third-order valence-corrected chi connectivity index (χ3v) is 5.41. The van der Waals surface area contributed by atoms with Crippen LogP contribution in [0.5, 0.6) is 5.88 Å². The number of aliphatic carboxylic acids is 1. The number of halogens is 1. The lowest BCUT2D eigenvalue weighted by Gasteiger charge is -2.17. The Kier molecular flexibility index (Phi) is 4.76. The van der Waals surface area contributed by atoms with Gasteiger partial charge in [0.2, 0.25) is 5.88 Å². The molecule has 0 saturated carbocycles. The van der Waals surface area contributed by atoms with Crippen molar-refractivity contribution in [2.45, 2.75) is 26.3 Å². The summed E-state index contributed by atoms with van der Waals surface area (Å²) in [7, 11) is 0. The lowest BCUT2D eigenvalue weighted by Crippen LogP contribution is -2.23. The van der Waals surface area contributed by atoms with Crippen molar-refractivity contribution in [3.8, 4) is 5.88 Å². The van der Waals surface area contributed by atoms with Crippen LogP contribution in [0.25, 0.3) is 5.57 Å². The van der Waals surface area contributed by atoms with Crippen LogP contribution in [-0.4, -0.2) is 26.7 Å². The van der Waals surface area contributed by atoms with Crippen molar-refractivity contribution in [1.82, 2.24) is 4.57 Å². The van der Waals surface area contributed by atoms with Gasteiger partial charge in [-0.1, -0.05) is 13.8 Å². The van der Waals surface area contributed by atoms with Gasteiger partial charge in [-0.05, 0) is 42.8 Å². The summed E-state index contributed by atoms with van der Waals surface area (Å²) in [5.41, 5.74) is 0.0283. The SMILES string of the molecule is CC(C)CC(C(=O)O)n1c(O)c(C2=c3cc(F)ccc3=NC2=O)sc1=S. The molecule has 26 heavy (non-hydrogen) atoms. The van der Waals surface area contributed by atoms with Crippen molar-refractivity contribution in [2.75, 3.05) is 0 Å². The molecule has 0 fully saturated rings. The van der Waals surface area contributed by atoms with Crippen LogP contribution in [0.4, 0.5) is 4.39 Å². The molecule has 1 aromatic heterocycles. The molecule has 2 aromatic rings. The number of rotatable bonds is 5. The minimum absolute atomic E-state index is 0.0283. The van der Waals surface area contributed by atoms with Crippen molar-refractivity contribution in [1.29, 1.82) is 0 Å². The van der Waals surface area contributed by atoms with Crippen LogP contribution in [0.15, 0.2) is 23.2 Å². The third kappa shape index (κ3) is 3.08. The Morgan fingerprint density at radius 2 is 2.12 bits per heavy atom. The van der Waals surface area contributed by atoms with E-state index in [9.17, 15) is 24.2 Å². The molecule has 6 nitrogen and oxygen atoms in total. The molecule has 0 spiro atoms. The van der Waals surface area contributed by atoms with Crippen LogP contribution in [0.1, 0.15) is 31.2 Å². The van der Waals surface area contributed by atoms with Gasteiger partial charge in [-0.25, -0.2) is 14.2 Å². The maximum absolute atomic E-state index is 13.6. The molecule has 1 atom stereocenters. The molecule has 2 heterocycles. The van der Waals surface area contributed by atoms with Crippen LogP contribution in [0, 0.1) is 15.7 Å². The zero-order valence-corrected chi connectivity index (χ0v) is 15.5. The van der Waals surface area contributed by atoms with Crippen LogP contribution in [-0.2, 0) is 9.59 Å². The van der Waals surface area contributed by atoms with E-state index in [4.69, 9.17) is 12.2 Å². The predicted octanol–water partition coefficient (Wildman–Crippen LogP) is 2.15. The number of nitrogens with zero attached hydrogens (tertiary/aromatic N) is 2. The summed E-state index contributed by atoms with van der Waals surface area (Å²) >= 11 is 6.14. The first-order chi connectivity index (χ1) is 12.2. The molecule has 9 heteroatoms. The lowest BCUT2D eigenvalue weighted by atomic mass is 10.0. The van der Waals surface area contributed by atoms with Crippen molar-refractivity contribution in [3.05, 3.63) is 43.4 Å². The maximum atomic E-state index is 13.6. The zero-order valence-electron chi connectivity index (χ0n) is 13.9. The average molecular weight is 394 g/mol. The van der Waals surface area contributed by atoms with E-state index in [1.165, 1.54) is 12.1 Å². The molecule has 0 aliphatic carbocycles. The Morgan fingerprint density at radius 3 is 2.73 bits per heavy atom. The smallest absolute Gasteiger partial charge is 0.326 e. The van der Waals surface area contributed by atoms with Gasteiger partial charge in [0, 0.05) is 5.22 Å². The minimum atomic E-state index is -1.13. The largest absolute Gasteiger partial charge is 0.493 e. The zero-order chi connectivity index (χ0) is 19.2. The summed E-state index contributed by atoms with van der Waals surface area (Å²) in [5.74, 6) is -2.67. The maximum Gasteiger partial charge on any atom is 0.326 e. The van der Waals surface area contributed by atoms with E-state index in [0.717, 1.165) is 22.0 Å². The Labute approximate surface area is 156 Å². The topological polar surface area (TPSA) is 91.9 Å². The van der Waals surface area contributed by atoms with Gasteiger partial charge in [0.15, 0.2) is 3.95 Å². The van der Waals surface area contributed by atoms with Gasteiger partial charge < -0.3 is 10.2 Å². The number of aromatic hydroxyl groups is 1. The van der Waals surface area contributed by atoms with Gasteiger partial charge in [-0.3, -0.25) is 9.36 Å². The molecule has 1 aliphatic heterocycles. The molecule has 1 aliphatic rings. The number of benzene rings is 1. The van der Waals surface area contributed by atoms with Gasteiger partial charge in [0.05, 0.1) is 10.9 Å². The second kappa shape index (κ2) is 6.73. The number of amides is 1. The average Bonchev–Trinajstić information content (AvgIpc) is 3.00. The second-order valence-electron chi connectivity index (χ2n) is 6.33. The Hall–Kier alpha value is -2.39. The van der Waals surface area contributed by atoms with Gasteiger partial charge in [0.1, 0.15) is 16.7 Å². The van der Waals surface area contributed by atoms with E-state index in [1.807, 2.05) is 13.8 Å². The monoisotopic (exact) mass is 394 g/mol. The number of carbonyl (C=O) groups is 2. The van der Waals surface area contributed by atoms with E-state index in [0.29, 0.717) is 5.36 Å². The number of carboxylic acid groups (broad SMARTS) is 1. The number of carboxylic acids is 1. The second-order valence-corrected chi connectivity index (χ2v) is 7.97. The summed E-state index contributed by atoms with van der Waals surface area (Å²) in [5, 5.41) is 20.7. The van der Waals surface area contributed by atoms with Crippen LogP contribution in [0.2, 0.25) is 0 Å². The highest BCUT2D eigenvalue weighted by atomic mass is 32.1. The van der Waals surface area contributed by atoms with Gasteiger partial charge in [-0.15, -0.1) is 11.3 Å². The quantitative estimate of drug-likeness (QED) is 0.759. The van der Waals surface area contributed by atoms with E-state index >= 15 is 0 Å². The predicted molar refractivity (Wildman–Crippen MR) is 95.6 cm³/mol. The van der Waals surface area contributed by atoms with Crippen LogP contribution >= 0.6 is 23.6 Å². The first-order valence-corrected chi connectivity index (χ1v) is 9.03. The van der Waals surface area contributed by atoms with E-state index in [2.05, 4.69) is 4.99 Å². The summed E-state index contributed by atoms with van der Waals surface area (Å²) in [6.07, 6.45) is 0.256. The summed E-state index contributed by atoms with van der Waals surface area (Å²) < 4.78 is 14.9. The molecule has 136 valence electrons. The molecule has 1 unspecified atom stereocenters. The standard InChI is InChI=1S/C17H15FN2O4S2/c1-7(2)5-11(16(23)24)20-15(22)13(26-17(20)25)12-9-6-8(18)3-4-10(9)19-14(12)21/h3-4,6-7,11,22H,5H2,1-2H3,(H,23,24). The molecule has 1 aromatic carbocycles. The molecule has 1 amide bonds. The van der Waals surface area contributed by atoms with Gasteiger partial charge >= 0.3 is 5.97 Å². The van der Waals surface area contributed by atoms with Gasteiger partial charge in [-0.2, -0.15) is 0 Å². The lowest BCUT2D eigenvalue weighted by molar-refractivity contribution is -0.141. The van der Waals surface area contributed by atoms with Crippen molar-refractivity contribution >= 4 is 41.0 Å². The van der Waals surface area contributed by atoms with Crippen LogP contribution in [0.3, 0.4) is 0 Å². The van der Waals surface area contributed by atoms with E-state index in [1.54, 1.807) is 0 Å². The number of thiazole rings is 1. The number of hydrogen-bond donors (Lipinski definition) is 2. The fraction of sp³-hybridized carbons (Fsp3) is 0.294. The summed E-state index contributed by atoms with van der Waals surface area (Å²) in [6.45, 7) is 3.72. The summed E-state index contributed by atoms with van der Waals surface area (Å²) in [6, 6.07) is 2.67. The number of carbonyl (C=O) groups excluding carboxylic acids is 1. The van der Waals surface area contributed by atoms with Crippen molar-refractivity contribution in [2.24, 2.45) is 10.9 Å². The molecular weight excluding hydrogens is 379 g/mol. The Bertz CT molecular complexity index is 1100.